The summed E-state index contributed by atoms with van der Waals surface area (Å²) in [6, 6.07) is 0. The predicted octanol–water partition coefficient (Wildman–Crippen LogP) is 3.94. The van der Waals surface area contributed by atoms with E-state index in [4.69, 9.17) is 4.74 Å². The van der Waals surface area contributed by atoms with Gasteiger partial charge in [0.25, 0.3) is 0 Å². The molecule has 0 saturated carbocycles. The summed E-state index contributed by atoms with van der Waals surface area (Å²) < 4.78 is 4.88. The van der Waals surface area contributed by atoms with Gasteiger partial charge in [0.05, 0.1) is 12.6 Å². The summed E-state index contributed by atoms with van der Waals surface area (Å²) in [6.07, 6.45) is 19.5. The minimum Gasteiger partial charge on any atom is -0.545 e. The summed E-state index contributed by atoms with van der Waals surface area (Å²) in [5.41, 5.74) is 0. The fourth-order valence-electron chi connectivity index (χ4n) is 2.65. The summed E-state index contributed by atoms with van der Waals surface area (Å²) in [6.45, 7) is 2.61. The quantitative estimate of drug-likeness (QED) is 0.170. The molecular formula is C20H35MgO4. The van der Waals surface area contributed by atoms with Gasteiger partial charge in [0.15, 0.2) is 0 Å². The van der Waals surface area contributed by atoms with Crippen LogP contribution >= 0.6 is 0 Å². The van der Waals surface area contributed by atoms with Gasteiger partial charge in [-0.25, -0.2) is 4.79 Å². The van der Waals surface area contributed by atoms with Gasteiger partial charge in [0.2, 0.25) is 0 Å². The van der Waals surface area contributed by atoms with Gasteiger partial charge in [-0.05, 0) is 12.5 Å². The third-order valence-electron chi connectivity index (χ3n) is 4.10. The van der Waals surface area contributed by atoms with Crippen molar-refractivity contribution in [3.63, 3.8) is 0 Å². The fraction of sp³-hybridized carbons (Fsp3) is 0.800. The Morgan fingerprint density at radius 3 is 1.52 bits per heavy atom. The van der Waals surface area contributed by atoms with E-state index in [9.17, 15) is 14.7 Å². The van der Waals surface area contributed by atoms with Crippen LogP contribution in [0.3, 0.4) is 0 Å². The van der Waals surface area contributed by atoms with E-state index in [1.54, 1.807) is 0 Å². The molecule has 1 radical (unpaired) electrons. The summed E-state index contributed by atoms with van der Waals surface area (Å²) in [4.78, 5) is 21.2. The van der Waals surface area contributed by atoms with Gasteiger partial charge in [-0.3, -0.25) is 0 Å². The Labute approximate surface area is 169 Å². The van der Waals surface area contributed by atoms with E-state index in [0.29, 0.717) is 12.7 Å². The van der Waals surface area contributed by atoms with Crippen LogP contribution in [0, 0.1) is 0 Å². The number of carbonyl (C=O) groups excluding carboxylic acids is 2. The van der Waals surface area contributed by atoms with Gasteiger partial charge >= 0.3 is 29.0 Å². The van der Waals surface area contributed by atoms with Crippen LogP contribution in [0.15, 0.2) is 12.2 Å². The third kappa shape index (κ3) is 23.4. The number of unbranched alkanes of at least 4 members (excludes halogenated alkanes) is 13. The van der Waals surface area contributed by atoms with Crippen molar-refractivity contribution in [3.05, 3.63) is 12.2 Å². The van der Waals surface area contributed by atoms with Crippen LogP contribution in [0.25, 0.3) is 0 Å². The van der Waals surface area contributed by atoms with Crippen molar-refractivity contribution < 1.29 is 19.4 Å². The Hall–Kier alpha value is -0.554. The monoisotopic (exact) mass is 363 g/mol. The van der Waals surface area contributed by atoms with E-state index in [1.807, 2.05) is 0 Å². The van der Waals surface area contributed by atoms with Gasteiger partial charge in [-0.15, -0.1) is 0 Å². The number of hydrogen-bond acceptors (Lipinski definition) is 4. The molecule has 141 valence electrons. The molecule has 0 N–H and O–H groups in total. The SMILES string of the molecule is CCCCCCCCCCCCCCCCOC(=O)C=CC(=O)[O-].[Mg+]. The Balaban J connectivity index is 0. The molecule has 0 saturated heterocycles. The molecular weight excluding hydrogens is 329 g/mol. The van der Waals surface area contributed by atoms with E-state index in [-0.39, 0.29) is 23.1 Å². The molecule has 0 amide bonds. The fourth-order valence-corrected chi connectivity index (χ4v) is 2.65. The van der Waals surface area contributed by atoms with Crippen molar-refractivity contribution in [3.8, 4) is 0 Å². The molecule has 0 aromatic carbocycles. The van der Waals surface area contributed by atoms with E-state index in [1.165, 1.54) is 77.0 Å². The van der Waals surface area contributed by atoms with Crippen LogP contribution in [0.2, 0.25) is 0 Å². The standard InChI is InChI=1S/C20H36O4.Mg/c1-2-3-4-5-6-7-8-9-10-11-12-13-14-15-18-24-20(23)17-16-19(21)22;/h16-17H,2-15,18H2,1H3,(H,21,22);/q;+1/p-1. The molecule has 0 aromatic heterocycles. The zero-order chi connectivity index (χ0) is 17.9. The first kappa shape index (κ1) is 26.7. The molecule has 5 heteroatoms. The molecule has 25 heavy (non-hydrogen) atoms. The number of aliphatic carboxylic acids is 1. The molecule has 4 nitrogen and oxygen atoms in total. The molecule has 0 rings (SSSR count). The van der Waals surface area contributed by atoms with Gasteiger partial charge < -0.3 is 14.6 Å². The van der Waals surface area contributed by atoms with Crippen molar-refractivity contribution in [2.45, 2.75) is 96.8 Å². The van der Waals surface area contributed by atoms with Crippen LogP contribution in [0.5, 0.6) is 0 Å². The minimum atomic E-state index is -1.39. The van der Waals surface area contributed by atoms with Crippen LogP contribution < -0.4 is 5.11 Å². The van der Waals surface area contributed by atoms with Gasteiger partial charge in [-0.1, -0.05) is 90.4 Å². The van der Waals surface area contributed by atoms with E-state index in [2.05, 4.69) is 6.92 Å². The number of rotatable bonds is 17. The molecule has 0 spiro atoms. The molecule has 0 heterocycles. The number of esters is 1. The summed E-state index contributed by atoms with van der Waals surface area (Å²) >= 11 is 0. The summed E-state index contributed by atoms with van der Waals surface area (Å²) in [5.74, 6) is -2.00. The maximum atomic E-state index is 11.1. The molecule has 0 bridgehead atoms. The minimum absolute atomic E-state index is 0. The number of carboxylic acids is 1. The van der Waals surface area contributed by atoms with Crippen molar-refractivity contribution >= 4 is 35.0 Å². The Bertz CT molecular complexity index is 343. The maximum absolute atomic E-state index is 11.1. The Morgan fingerprint density at radius 1 is 0.720 bits per heavy atom. The molecule has 0 aromatic rings. The summed E-state index contributed by atoms with van der Waals surface area (Å²) in [7, 11) is 0. The zero-order valence-electron chi connectivity index (χ0n) is 16.1. The second kappa shape index (κ2) is 21.5. The molecule has 0 aliphatic heterocycles. The van der Waals surface area contributed by atoms with E-state index < -0.39 is 11.9 Å². The number of carbonyl (C=O) groups is 2. The van der Waals surface area contributed by atoms with Gasteiger partial charge in [-0.2, -0.15) is 0 Å². The number of hydrogen-bond donors (Lipinski definition) is 0. The van der Waals surface area contributed by atoms with Crippen molar-refractivity contribution in [2.75, 3.05) is 6.61 Å². The first-order valence-electron chi connectivity index (χ1n) is 9.72. The molecule has 0 fully saturated rings. The van der Waals surface area contributed by atoms with Crippen molar-refractivity contribution in [1.82, 2.24) is 0 Å². The van der Waals surface area contributed by atoms with Gasteiger partial charge in [0.1, 0.15) is 0 Å². The maximum Gasteiger partial charge on any atom is 1.00 e. The largest absolute Gasteiger partial charge is 1.00 e. The van der Waals surface area contributed by atoms with E-state index in [0.717, 1.165) is 18.9 Å². The van der Waals surface area contributed by atoms with Crippen LogP contribution in [-0.4, -0.2) is 41.6 Å². The van der Waals surface area contributed by atoms with Crippen molar-refractivity contribution in [2.24, 2.45) is 0 Å². The number of ether oxygens (including phenoxy) is 1. The topological polar surface area (TPSA) is 66.4 Å². The average molecular weight is 364 g/mol. The first-order valence-corrected chi connectivity index (χ1v) is 9.72. The van der Waals surface area contributed by atoms with Crippen LogP contribution in [0.4, 0.5) is 0 Å². The summed E-state index contributed by atoms with van der Waals surface area (Å²) in [5, 5.41) is 10.1. The average Bonchev–Trinajstić information content (AvgIpc) is 2.56. The molecule has 0 atom stereocenters. The second-order valence-corrected chi connectivity index (χ2v) is 6.42. The Morgan fingerprint density at radius 2 is 1.12 bits per heavy atom. The van der Waals surface area contributed by atoms with Crippen LogP contribution in [-0.2, 0) is 14.3 Å². The molecule has 0 unspecified atom stereocenters. The Kier molecular flexibility index (Phi) is 22.9. The smallest absolute Gasteiger partial charge is 0.545 e. The number of carboxylic acid groups (broad SMARTS) is 1. The third-order valence-corrected chi connectivity index (χ3v) is 4.10. The zero-order valence-corrected chi connectivity index (χ0v) is 17.5. The van der Waals surface area contributed by atoms with Crippen LogP contribution in [0.1, 0.15) is 96.8 Å². The van der Waals surface area contributed by atoms with E-state index >= 15 is 0 Å². The molecule has 0 aliphatic rings. The van der Waals surface area contributed by atoms with Gasteiger partial charge in [0, 0.05) is 6.08 Å². The van der Waals surface area contributed by atoms with Crippen molar-refractivity contribution in [1.29, 1.82) is 0 Å². The first-order chi connectivity index (χ1) is 11.7. The predicted molar refractivity (Wildman–Crippen MR) is 101 cm³/mol. The molecule has 0 aliphatic carbocycles. The second-order valence-electron chi connectivity index (χ2n) is 6.42. The normalized spacial score (nSPS) is 10.6.